The molecule has 32 heavy (non-hydrogen) atoms. The molecule has 2 aromatic carbocycles. The van der Waals surface area contributed by atoms with Gasteiger partial charge < -0.3 is 14.2 Å². The van der Waals surface area contributed by atoms with Crippen LogP contribution in [0.15, 0.2) is 48.5 Å². The molecule has 1 aliphatic rings. The monoisotopic (exact) mass is 443 g/mol. The van der Waals surface area contributed by atoms with E-state index in [4.69, 9.17) is 14.2 Å². The van der Waals surface area contributed by atoms with Crippen LogP contribution in [0, 0.1) is 0 Å². The van der Waals surface area contributed by atoms with Crippen LogP contribution < -0.4 is 14.2 Å². The molecule has 0 amide bonds. The van der Waals surface area contributed by atoms with Crippen LogP contribution in [-0.2, 0) is 6.54 Å². The Morgan fingerprint density at radius 1 is 0.969 bits per heavy atom. The molecule has 0 spiro atoms. The largest absolute Gasteiger partial charge is 0.493 e. The molecular formula is C24H27F2N3O3. The highest BCUT2D eigenvalue weighted by Gasteiger charge is 2.36. The zero-order chi connectivity index (χ0) is 22.7. The molecule has 1 N–H and O–H groups in total. The number of methoxy groups -OCH3 is 3. The number of nitrogens with one attached hydrogen (secondary N) is 1. The quantitative estimate of drug-likeness (QED) is 0.544. The van der Waals surface area contributed by atoms with Gasteiger partial charge in [-0.2, -0.15) is 5.10 Å². The lowest BCUT2D eigenvalue weighted by Gasteiger charge is -2.19. The van der Waals surface area contributed by atoms with Gasteiger partial charge in [0.2, 0.25) is 5.75 Å². The number of aromatic nitrogens is 2. The fraction of sp³-hybridized carbons (Fsp3) is 0.375. The molecule has 2 atom stereocenters. The van der Waals surface area contributed by atoms with Gasteiger partial charge in [0.1, 0.15) is 5.69 Å². The standard InChI is InChI=1S/C24H27F2N3O3/c1-30-21-9-15(10-22(31-2)23(21)32-3)12-29-13-17(16-7-5-4-6-8-16)18(14-29)19-11-20(24(25)26)28-27-19/h4-11,17-18,24H,12-14H2,1-3H3,(H,27,28)/t17-,18+/m0/s1. The first-order valence-electron chi connectivity index (χ1n) is 10.4. The average molecular weight is 443 g/mol. The van der Waals surface area contributed by atoms with E-state index in [0.717, 1.165) is 17.8 Å². The summed E-state index contributed by atoms with van der Waals surface area (Å²) >= 11 is 0. The summed E-state index contributed by atoms with van der Waals surface area (Å²) in [5.41, 5.74) is 2.72. The summed E-state index contributed by atoms with van der Waals surface area (Å²) in [6.07, 6.45) is -2.59. The Balaban J connectivity index is 1.62. The topological polar surface area (TPSA) is 59.6 Å². The Bertz CT molecular complexity index is 1020. The van der Waals surface area contributed by atoms with Gasteiger partial charge in [-0.25, -0.2) is 8.78 Å². The zero-order valence-electron chi connectivity index (χ0n) is 18.3. The van der Waals surface area contributed by atoms with Crippen molar-refractivity contribution in [2.24, 2.45) is 0 Å². The van der Waals surface area contributed by atoms with Crippen LogP contribution >= 0.6 is 0 Å². The molecule has 0 saturated carbocycles. The molecule has 1 saturated heterocycles. The maximum absolute atomic E-state index is 13.1. The molecular weight excluding hydrogens is 416 g/mol. The Kier molecular flexibility index (Phi) is 6.60. The van der Waals surface area contributed by atoms with Crippen molar-refractivity contribution < 1.29 is 23.0 Å². The second-order valence-electron chi connectivity index (χ2n) is 7.90. The lowest BCUT2D eigenvalue weighted by Crippen LogP contribution is -2.20. The molecule has 0 radical (unpaired) electrons. The molecule has 1 aromatic heterocycles. The molecule has 6 nitrogen and oxygen atoms in total. The van der Waals surface area contributed by atoms with E-state index < -0.39 is 6.43 Å². The van der Waals surface area contributed by atoms with Crippen molar-refractivity contribution in [1.29, 1.82) is 0 Å². The Morgan fingerprint density at radius 2 is 1.62 bits per heavy atom. The summed E-state index contributed by atoms with van der Waals surface area (Å²) < 4.78 is 42.6. The van der Waals surface area contributed by atoms with E-state index in [1.54, 1.807) is 21.3 Å². The third-order valence-electron chi connectivity index (χ3n) is 5.99. The first-order valence-corrected chi connectivity index (χ1v) is 10.4. The van der Waals surface area contributed by atoms with Crippen LogP contribution in [0.25, 0.3) is 0 Å². The molecule has 170 valence electrons. The van der Waals surface area contributed by atoms with E-state index in [-0.39, 0.29) is 17.5 Å². The van der Waals surface area contributed by atoms with Gasteiger partial charge in [-0.3, -0.25) is 10.00 Å². The number of nitrogens with zero attached hydrogens (tertiary/aromatic N) is 2. The first-order chi connectivity index (χ1) is 15.5. The number of H-pyrrole nitrogens is 1. The number of likely N-dealkylation sites (tertiary alicyclic amines) is 1. The predicted molar refractivity (Wildman–Crippen MR) is 117 cm³/mol. The first kappa shape index (κ1) is 22.1. The molecule has 0 bridgehead atoms. The lowest BCUT2D eigenvalue weighted by molar-refractivity contribution is 0.146. The van der Waals surface area contributed by atoms with E-state index in [9.17, 15) is 8.78 Å². The number of ether oxygens (including phenoxy) is 3. The van der Waals surface area contributed by atoms with Crippen molar-refractivity contribution in [3.05, 3.63) is 71.0 Å². The summed E-state index contributed by atoms with van der Waals surface area (Å²) in [6, 6.07) is 15.5. The Morgan fingerprint density at radius 3 is 2.19 bits per heavy atom. The number of rotatable bonds is 8. The molecule has 3 aromatic rings. The van der Waals surface area contributed by atoms with E-state index in [1.165, 1.54) is 11.6 Å². The smallest absolute Gasteiger partial charge is 0.282 e. The summed E-state index contributed by atoms with van der Waals surface area (Å²) in [5, 5.41) is 6.67. The second-order valence-corrected chi connectivity index (χ2v) is 7.90. The van der Waals surface area contributed by atoms with Crippen molar-refractivity contribution >= 4 is 0 Å². The average Bonchev–Trinajstić information content (AvgIpc) is 3.46. The predicted octanol–water partition coefficient (Wildman–Crippen LogP) is 4.76. The van der Waals surface area contributed by atoms with Gasteiger partial charge in [0, 0.05) is 37.2 Å². The molecule has 8 heteroatoms. The van der Waals surface area contributed by atoms with Gasteiger partial charge in [-0.05, 0) is 29.3 Å². The number of hydrogen-bond donors (Lipinski definition) is 1. The number of halogens is 2. The van der Waals surface area contributed by atoms with E-state index in [1.807, 2.05) is 30.3 Å². The van der Waals surface area contributed by atoms with Crippen LogP contribution in [0.1, 0.15) is 40.8 Å². The van der Waals surface area contributed by atoms with Gasteiger partial charge >= 0.3 is 0 Å². The van der Waals surface area contributed by atoms with E-state index >= 15 is 0 Å². The summed E-state index contributed by atoms with van der Waals surface area (Å²) in [7, 11) is 4.77. The van der Waals surface area contributed by atoms with Crippen molar-refractivity contribution in [2.75, 3.05) is 34.4 Å². The number of alkyl halides is 2. The third-order valence-corrected chi connectivity index (χ3v) is 5.99. The molecule has 0 aliphatic carbocycles. The Labute approximate surface area is 186 Å². The van der Waals surface area contributed by atoms with Crippen molar-refractivity contribution in [3.63, 3.8) is 0 Å². The molecule has 2 heterocycles. The van der Waals surface area contributed by atoms with Crippen LogP contribution in [0.5, 0.6) is 17.2 Å². The van der Waals surface area contributed by atoms with Crippen molar-refractivity contribution in [1.82, 2.24) is 15.1 Å². The van der Waals surface area contributed by atoms with Gasteiger partial charge in [-0.15, -0.1) is 0 Å². The van der Waals surface area contributed by atoms with Gasteiger partial charge in [0.25, 0.3) is 6.43 Å². The highest BCUT2D eigenvalue weighted by Crippen LogP contribution is 2.42. The van der Waals surface area contributed by atoms with Gasteiger partial charge in [-0.1, -0.05) is 30.3 Å². The Hall–Kier alpha value is -3.13. The van der Waals surface area contributed by atoms with Crippen molar-refractivity contribution in [3.8, 4) is 17.2 Å². The zero-order valence-corrected chi connectivity index (χ0v) is 18.3. The minimum atomic E-state index is -2.59. The van der Waals surface area contributed by atoms with Gasteiger partial charge in [0.15, 0.2) is 11.5 Å². The summed E-state index contributed by atoms with van der Waals surface area (Å²) in [4.78, 5) is 2.31. The maximum Gasteiger partial charge on any atom is 0.282 e. The van der Waals surface area contributed by atoms with Crippen LogP contribution in [0.3, 0.4) is 0 Å². The molecule has 1 aliphatic heterocycles. The van der Waals surface area contributed by atoms with Crippen molar-refractivity contribution in [2.45, 2.75) is 24.8 Å². The highest BCUT2D eigenvalue weighted by molar-refractivity contribution is 5.53. The number of hydrogen-bond acceptors (Lipinski definition) is 5. The van der Waals surface area contributed by atoms with Crippen LogP contribution in [-0.4, -0.2) is 49.5 Å². The fourth-order valence-electron chi connectivity index (χ4n) is 4.51. The number of aromatic amines is 1. The number of benzene rings is 2. The van der Waals surface area contributed by atoms with E-state index in [0.29, 0.717) is 30.3 Å². The second kappa shape index (κ2) is 9.56. The van der Waals surface area contributed by atoms with Crippen LogP contribution in [0.2, 0.25) is 0 Å². The van der Waals surface area contributed by atoms with Gasteiger partial charge in [0.05, 0.1) is 21.3 Å². The molecule has 0 unspecified atom stereocenters. The minimum absolute atomic E-state index is 0.0273. The third kappa shape index (κ3) is 4.41. The summed E-state index contributed by atoms with van der Waals surface area (Å²) in [6.45, 7) is 2.15. The lowest BCUT2D eigenvalue weighted by atomic mass is 9.87. The molecule has 4 rings (SSSR count). The highest BCUT2D eigenvalue weighted by atomic mass is 19.3. The minimum Gasteiger partial charge on any atom is -0.493 e. The normalized spacial score (nSPS) is 18.8. The van der Waals surface area contributed by atoms with Crippen LogP contribution in [0.4, 0.5) is 8.78 Å². The fourth-order valence-corrected chi connectivity index (χ4v) is 4.51. The SMILES string of the molecule is COc1cc(CN2C[C@@H](c3ccccc3)[C@H](c3cc(C(F)F)n[nH]3)C2)cc(OC)c1OC. The van der Waals surface area contributed by atoms with E-state index in [2.05, 4.69) is 27.2 Å². The maximum atomic E-state index is 13.1. The summed E-state index contributed by atoms with van der Waals surface area (Å²) in [5.74, 6) is 1.94. The molecule has 1 fully saturated rings.